The summed E-state index contributed by atoms with van der Waals surface area (Å²) in [6.45, 7) is 8.55. The quantitative estimate of drug-likeness (QED) is 0.669. The Labute approximate surface area is 80.7 Å². The fourth-order valence-electron chi connectivity index (χ4n) is 1.51. The van der Waals surface area contributed by atoms with E-state index in [-0.39, 0.29) is 0 Å². The van der Waals surface area contributed by atoms with E-state index in [1.165, 1.54) is 5.57 Å². The topological polar surface area (TPSA) is 21.3 Å². The zero-order chi connectivity index (χ0) is 9.52. The number of hydrogen-bond acceptors (Lipinski definition) is 2. The van der Waals surface area contributed by atoms with Gasteiger partial charge < -0.3 is 10.1 Å². The first-order valence-electron chi connectivity index (χ1n) is 4.90. The summed E-state index contributed by atoms with van der Waals surface area (Å²) in [4.78, 5) is 0. The van der Waals surface area contributed by atoms with Gasteiger partial charge in [0.15, 0.2) is 0 Å². The number of allylic oxidation sites excluding steroid dienone is 2. The Hall–Kier alpha value is -0.600. The van der Waals surface area contributed by atoms with Gasteiger partial charge in [0.1, 0.15) is 0 Å². The third-order valence-electron chi connectivity index (χ3n) is 2.20. The van der Waals surface area contributed by atoms with Crippen molar-refractivity contribution in [3.8, 4) is 0 Å². The summed E-state index contributed by atoms with van der Waals surface area (Å²) in [6, 6.07) is 0.509. The van der Waals surface area contributed by atoms with Crippen molar-refractivity contribution in [2.75, 3.05) is 19.8 Å². The standard InChI is InChI=1S/C11H19NO/c1-3-4-5-10(2)8-11-9-13-7-6-12-11/h3,5,11-12H,1,4,6-9H2,2H3/b10-5-. The predicted molar refractivity (Wildman–Crippen MR) is 55.8 cm³/mol. The Morgan fingerprint density at radius 2 is 2.54 bits per heavy atom. The summed E-state index contributed by atoms with van der Waals surface area (Å²) in [5.41, 5.74) is 1.42. The van der Waals surface area contributed by atoms with E-state index in [2.05, 4.69) is 24.9 Å². The van der Waals surface area contributed by atoms with Crippen LogP contribution >= 0.6 is 0 Å². The van der Waals surface area contributed by atoms with Crippen LogP contribution in [0.25, 0.3) is 0 Å². The molecule has 0 saturated carbocycles. The molecule has 0 radical (unpaired) electrons. The van der Waals surface area contributed by atoms with Crippen LogP contribution in [0.5, 0.6) is 0 Å². The predicted octanol–water partition coefficient (Wildman–Crippen LogP) is 1.89. The highest BCUT2D eigenvalue weighted by Crippen LogP contribution is 2.08. The van der Waals surface area contributed by atoms with E-state index >= 15 is 0 Å². The first-order valence-corrected chi connectivity index (χ1v) is 4.90. The molecule has 1 saturated heterocycles. The van der Waals surface area contributed by atoms with Gasteiger partial charge in [-0.15, -0.1) is 6.58 Å². The van der Waals surface area contributed by atoms with Crippen molar-refractivity contribution < 1.29 is 4.74 Å². The molecule has 1 aliphatic rings. The molecule has 1 aliphatic heterocycles. The second kappa shape index (κ2) is 5.95. The number of rotatable bonds is 4. The number of morpholine rings is 1. The molecule has 0 bridgehead atoms. The normalized spacial score (nSPS) is 24.4. The maximum Gasteiger partial charge on any atom is 0.0623 e. The SMILES string of the molecule is C=CC/C=C(/C)CC1COCCN1. The Bertz CT molecular complexity index is 181. The minimum absolute atomic E-state index is 0.509. The Balaban J connectivity index is 2.25. The van der Waals surface area contributed by atoms with Crippen LogP contribution in [-0.4, -0.2) is 25.8 Å². The van der Waals surface area contributed by atoms with Crippen molar-refractivity contribution in [3.63, 3.8) is 0 Å². The molecule has 0 aliphatic carbocycles. The summed E-state index contributed by atoms with van der Waals surface area (Å²) in [5, 5.41) is 3.43. The van der Waals surface area contributed by atoms with Crippen LogP contribution in [0.4, 0.5) is 0 Å². The molecule has 74 valence electrons. The van der Waals surface area contributed by atoms with Crippen LogP contribution in [0.3, 0.4) is 0 Å². The lowest BCUT2D eigenvalue weighted by Crippen LogP contribution is -2.41. The fourth-order valence-corrected chi connectivity index (χ4v) is 1.51. The molecular formula is C11H19NO. The Morgan fingerprint density at radius 1 is 1.69 bits per heavy atom. The van der Waals surface area contributed by atoms with Crippen molar-refractivity contribution in [3.05, 3.63) is 24.3 Å². The average molecular weight is 181 g/mol. The molecule has 1 N–H and O–H groups in total. The largest absolute Gasteiger partial charge is 0.379 e. The number of hydrogen-bond donors (Lipinski definition) is 1. The zero-order valence-electron chi connectivity index (χ0n) is 8.38. The van der Waals surface area contributed by atoms with Crippen molar-refractivity contribution in [2.24, 2.45) is 0 Å². The van der Waals surface area contributed by atoms with Gasteiger partial charge in [0, 0.05) is 12.6 Å². The lowest BCUT2D eigenvalue weighted by atomic mass is 10.1. The van der Waals surface area contributed by atoms with Gasteiger partial charge in [-0.25, -0.2) is 0 Å². The maximum atomic E-state index is 5.38. The van der Waals surface area contributed by atoms with E-state index in [4.69, 9.17) is 4.74 Å². The molecule has 2 heteroatoms. The summed E-state index contributed by atoms with van der Waals surface area (Å²) in [7, 11) is 0. The van der Waals surface area contributed by atoms with Gasteiger partial charge in [0.05, 0.1) is 13.2 Å². The van der Waals surface area contributed by atoms with E-state index in [9.17, 15) is 0 Å². The van der Waals surface area contributed by atoms with Gasteiger partial charge in [0.25, 0.3) is 0 Å². The van der Waals surface area contributed by atoms with Crippen molar-refractivity contribution in [1.82, 2.24) is 5.32 Å². The molecule has 2 nitrogen and oxygen atoms in total. The van der Waals surface area contributed by atoms with Crippen LogP contribution in [0.1, 0.15) is 19.8 Å². The van der Waals surface area contributed by atoms with Gasteiger partial charge in [-0.05, 0) is 19.8 Å². The summed E-state index contributed by atoms with van der Waals surface area (Å²) >= 11 is 0. The molecule has 13 heavy (non-hydrogen) atoms. The maximum absolute atomic E-state index is 5.38. The van der Waals surface area contributed by atoms with E-state index in [0.717, 1.165) is 32.6 Å². The average Bonchev–Trinajstić information content (AvgIpc) is 2.16. The van der Waals surface area contributed by atoms with Crippen molar-refractivity contribution >= 4 is 0 Å². The van der Waals surface area contributed by atoms with E-state index in [1.807, 2.05) is 6.08 Å². The lowest BCUT2D eigenvalue weighted by Gasteiger charge is -2.23. The first-order chi connectivity index (χ1) is 6.33. The summed E-state index contributed by atoms with van der Waals surface area (Å²) in [5.74, 6) is 0. The van der Waals surface area contributed by atoms with Crippen LogP contribution in [-0.2, 0) is 4.74 Å². The molecule has 1 unspecified atom stereocenters. The Morgan fingerprint density at radius 3 is 3.15 bits per heavy atom. The van der Waals surface area contributed by atoms with Gasteiger partial charge in [-0.3, -0.25) is 0 Å². The monoisotopic (exact) mass is 181 g/mol. The van der Waals surface area contributed by atoms with Crippen molar-refractivity contribution in [2.45, 2.75) is 25.8 Å². The van der Waals surface area contributed by atoms with Gasteiger partial charge in [0.2, 0.25) is 0 Å². The molecule has 0 spiro atoms. The summed E-state index contributed by atoms with van der Waals surface area (Å²) in [6.07, 6.45) is 6.21. The smallest absolute Gasteiger partial charge is 0.0623 e. The second-order valence-corrected chi connectivity index (χ2v) is 3.50. The third-order valence-corrected chi connectivity index (χ3v) is 2.20. The van der Waals surface area contributed by atoms with Crippen molar-refractivity contribution in [1.29, 1.82) is 0 Å². The van der Waals surface area contributed by atoms with Crippen LogP contribution in [0, 0.1) is 0 Å². The van der Waals surface area contributed by atoms with Crippen LogP contribution in [0.15, 0.2) is 24.3 Å². The van der Waals surface area contributed by atoms with Gasteiger partial charge >= 0.3 is 0 Å². The lowest BCUT2D eigenvalue weighted by molar-refractivity contribution is 0.0770. The second-order valence-electron chi connectivity index (χ2n) is 3.50. The molecular weight excluding hydrogens is 162 g/mol. The highest BCUT2D eigenvalue weighted by molar-refractivity contribution is 5.03. The van der Waals surface area contributed by atoms with Crippen LogP contribution in [0.2, 0.25) is 0 Å². The van der Waals surface area contributed by atoms with E-state index in [1.54, 1.807) is 0 Å². The van der Waals surface area contributed by atoms with E-state index in [0.29, 0.717) is 6.04 Å². The van der Waals surface area contributed by atoms with Crippen LogP contribution < -0.4 is 5.32 Å². The minimum atomic E-state index is 0.509. The number of nitrogens with one attached hydrogen (secondary N) is 1. The molecule has 1 rings (SSSR count). The minimum Gasteiger partial charge on any atom is -0.379 e. The highest BCUT2D eigenvalue weighted by Gasteiger charge is 2.12. The third kappa shape index (κ3) is 4.25. The van der Waals surface area contributed by atoms with Gasteiger partial charge in [-0.1, -0.05) is 17.7 Å². The highest BCUT2D eigenvalue weighted by atomic mass is 16.5. The molecule has 0 aromatic carbocycles. The first kappa shape index (κ1) is 10.5. The van der Waals surface area contributed by atoms with Gasteiger partial charge in [-0.2, -0.15) is 0 Å². The molecule has 0 aromatic heterocycles. The molecule has 1 heterocycles. The Kier molecular flexibility index (Phi) is 4.79. The molecule has 0 aromatic rings. The summed E-state index contributed by atoms with van der Waals surface area (Å²) < 4.78 is 5.38. The number of ether oxygens (including phenoxy) is 1. The fraction of sp³-hybridized carbons (Fsp3) is 0.636. The molecule has 1 atom stereocenters. The molecule has 1 fully saturated rings. The molecule has 0 amide bonds. The zero-order valence-corrected chi connectivity index (χ0v) is 8.38. The van der Waals surface area contributed by atoms with E-state index < -0.39 is 0 Å².